The molecule has 0 heterocycles. The molecule has 20 heavy (non-hydrogen) atoms. The van der Waals surface area contributed by atoms with E-state index >= 15 is 0 Å². The molecule has 1 aromatic carbocycles. The van der Waals surface area contributed by atoms with Crippen molar-refractivity contribution in [2.24, 2.45) is 0 Å². The maximum atomic E-state index is 11.8. The first-order valence-corrected chi connectivity index (χ1v) is 5.57. The lowest BCUT2D eigenvalue weighted by Crippen LogP contribution is -2.43. The summed E-state index contributed by atoms with van der Waals surface area (Å²) in [6.07, 6.45) is 0.313. The Morgan fingerprint density at radius 1 is 1.20 bits per heavy atom. The number of carbonyl (C=O) groups is 2. The molecule has 1 rings (SSSR count). The third kappa shape index (κ3) is 3.31. The third-order valence-corrected chi connectivity index (χ3v) is 2.56. The average molecular weight is 278 g/mol. The van der Waals surface area contributed by atoms with E-state index in [1.165, 1.54) is 24.3 Å². The van der Waals surface area contributed by atoms with E-state index < -0.39 is 23.8 Å². The summed E-state index contributed by atoms with van der Waals surface area (Å²) < 4.78 is 4.76. The molecule has 0 saturated carbocycles. The number of rotatable bonds is 6. The number of esters is 1. The summed E-state index contributed by atoms with van der Waals surface area (Å²) >= 11 is 0. The second-order valence-corrected chi connectivity index (χ2v) is 3.91. The van der Waals surface area contributed by atoms with Crippen LogP contribution in [-0.2, 0) is 4.74 Å². The third-order valence-electron chi connectivity index (χ3n) is 2.56. The summed E-state index contributed by atoms with van der Waals surface area (Å²) in [4.78, 5) is 22.5. The maximum Gasteiger partial charge on any atom is 0.340 e. The van der Waals surface area contributed by atoms with Crippen LogP contribution < -0.4 is 0 Å². The Morgan fingerprint density at radius 3 is 2.10 bits per heavy atom. The van der Waals surface area contributed by atoms with Crippen molar-refractivity contribution in [3.8, 4) is 0 Å². The van der Waals surface area contributed by atoms with Gasteiger partial charge in [-0.05, 0) is 30.3 Å². The zero-order valence-electron chi connectivity index (χ0n) is 10.5. The van der Waals surface area contributed by atoms with Gasteiger partial charge in [-0.3, -0.25) is 0 Å². The second kappa shape index (κ2) is 6.14. The predicted octanol–water partition coefficient (Wildman–Crippen LogP) is 0.963. The molecule has 0 radical (unpaired) electrons. The Bertz CT molecular complexity index is 533. The van der Waals surface area contributed by atoms with Crippen LogP contribution in [0.1, 0.15) is 20.7 Å². The fourth-order valence-corrected chi connectivity index (χ4v) is 1.35. The topological polar surface area (TPSA) is 104 Å². The quantitative estimate of drug-likeness (QED) is 0.407. The van der Waals surface area contributed by atoms with Crippen LogP contribution in [0.4, 0.5) is 0 Å². The monoisotopic (exact) mass is 278 g/mol. The van der Waals surface area contributed by atoms with Crippen molar-refractivity contribution < 1.29 is 29.6 Å². The van der Waals surface area contributed by atoms with Crippen LogP contribution in [0.3, 0.4) is 0 Å². The summed E-state index contributed by atoms with van der Waals surface area (Å²) in [5.74, 6) is -4.37. The lowest BCUT2D eigenvalue weighted by Gasteiger charge is -2.27. The van der Waals surface area contributed by atoms with Crippen LogP contribution in [0.5, 0.6) is 0 Å². The number of hydrogen-bond acceptors (Lipinski definition) is 5. The molecule has 1 aromatic rings. The molecular formula is C14H14O6. The number of aliphatic hydroxyl groups is 2. The van der Waals surface area contributed by atoms with E-state index in [-0.39, 0.29) is 11.1 Å². The van der Waals surface area contributed by atoms with Gasteiger partial charge in [0.25, 0.3) is 5.79 Å². The molecule has 0 amide bonds. The zero-order chi connectivity index (χ0) is 15.3. The number of benzene rings is 1. The lowest BCUT2D eigenvalue weighted by atomic mass is 10.1. The highest BCUT2D eigenvalue weighted by Crippen LogP contribution is 2.18. The number of hydrogen-bond donors (Lipinski definition) is 3. The summed E-state index contributed by atoms with van der Waals surface area (Å²) in [5, 5.41) is 28.1. The van der Waals surface area contributed by atoms with Crippen LogP contribution in [0.15, 0.2) is 49.6 Å². The fraction of sp³-hybridized carbons (Fsp3) is 0.143. The van der Waals surface area contributed by atoms with Crippen LogP contribution in [0.2, 0.25) is 0 Å². The predicted molar refractivity (Wildman–Crippen MR) is 70.2 cm³/mol. The standard InChI is InChI=1S/C14H14O6/c1-3-11(15)14(19,4-2)20-13(18)10-7-5-9(6-8-10)12(16)17/h3-8,11,15,19H,1-2H2,(H,16,17). The van der Waals surface area contributed by atoms with Gasteiger partial charge < -0.3 is 20.1 Å². The summed E-state index contributed by atoms with van der Waals surface area (Å²) in [7, 11) is 0. The molecule has 3 N–H and O–H groups in total. The fourth-order valence-electron chi connectivity index (χ4n) is 1.35. The molecule has 2 unspecified atom stereocenters. The van der Waals surface area contributed by atoms with Gasteiger partial charge in [0.05, 0.1) is 11.1 Å². The molecule has 0 aliphatic heterocycles. The molecule has 0 spiro atoms. The molecule has 0 fully saturated rings. The van der Waals surface area contributed by atoms with E-state index in [4.69, 9.17) is 9.84 Å². The van der Waals surface area contributed by atoms with E-state index in [0.29, 0.717) is 0 Å². The number of carbonyl (C=O) groups excluding carboxylic acids is 1. The molecule has 0 saturated heterocycles. The SMILES string of the molecule is C=CC(O)C(O)(C=C)OC(=O)c1ccc(C(=O)O)cc1. The Labute approximate surface area is 115 Å². The van der Waals surface area contributed by atoms with E-state index in [0.717, 1.165) is 12.2 Å². The molecule has 6 nitrogen and oxygen atoms in total. The van der Waals surface area contributed by atoms with Crippen molar-refractivity contribution in [2.45, 2.75) is 11.9 Å². The summed E-state index contributed by atoms with van der Waals surface area (Å²) in [6, 6.07) is 4.90. The van der Waals surface area contributed by atoms with Crippen molar-refractivity contribution in [3.63, 3.8) is 0 Å². The highest BCUT2D eigenvalue weighted by atomic mass is 16.7. The smallest absolute Gasteiger partial charge is 0.340 e. The van der Waals surface area contributed by atoms with Crippen LogP contribution in [0.25, 0.3) is 0 Å². The summed E-state index contributed by atoms with van der Waals surface area (Å²) in [5.41, 5.74) is 0.0261. The van der Waals surface area contributed by atoms with E-state index in [1.807, 2.05) is 0 Å². The van der Waals surface area contributed by atoms with Gasteiger partial charge in [-0.25, -0.2) is 9.59 Å². The first-order valence-electron chi connectivity index (χ1n) is 5.57. The van der Waals surface area contributed by atoms with Gasteiger partial charge >= 0.3 is 11.9 Å². The van der Waals surface area contributed by atoms with Gasteiger partial charge in [-0.1, -0.05) is 12.7 Å². The Morgan fingerprint density at radius 2 is 1.70 bits per heavy atom. The Balaban J connectivity index is 2.92. The molecule has 2 atom stereocenters. The Kier molecular flexibility index (Phi) is 4.79. The van der Waals surface area contributed by atoms with Gasteiger partial charge in [-0.15, -0.1) is 6.58 Å². The molecule has 0 aliphatic rings. The van der Waals surface area contributed by atoms with Gasteiger partial charge in [0.1, 0.15) is 6.10 Å². The maximum absolute atomic E-state index is 11.8. The number of ether oxygens (including phenoxy) is 1. The van der Waals surface area contributed by atoms with Crippen LogP contribution >= 0.6 is 0 Å². The van der Waals surface area contributed by atoms with E-state index in [2.05, 4.69) is 13.2 Å². The van der Waals surface area contributed by atoms with Crippen LogP contribution in [0, 0.1) is 0 Å². The average Bonchev–Trinajstić information content (AvgIpc) is 2.46. The lowest BCUT2D eigenvalue weighted by molar-refractivity contribution is -0.176. The van der Waals surface area contributed by atoms with Crippen molar-refractivity contribution in [2.75, 3.05) is 0 Å². The van der Waals surface area contributed by atoms with Gasteiger partial charge in [0.2, 0.25) is 0 Å². The number of carboxylic acids is 1. The minimum absolute atomic E-state index is 0.00617. The van der Waals surface area contributed by atoms with E-state index in [1.54, 1.807) is 0 Å². The van der Waals surface area contributed by atoms with Gasteiger partial charge in [0.15, 0.2) is 0 Å². The normalized spacial score (nSPS) is 14.7. The minimum atomic E-state index is -2.30. The highest BCUT2D eigenvalue weighted by molar-refractivity contribution is 5.92. The first kappa shape index (κ1) is 15.6. The molecule has 0 aromatic heterocycles. The minimum Gasteiger partial charge on any atom is -0.478 e. The first-order chi connectivity index (χ1) is 9.34. The van der Waals surface area contributed by atoms with Crippen molar-refractivity contribution in [1.82, 2.24) is 0 Å². The number of carboxylic acid groups (broad SMARTS) is 1. The largest absolute Gasteiger partial charge is 0.478 e. The van der Waals surface area contributed by atoms with Crippen molar-refractivity contribution in [1.29, 1.82) is 0 Å². The molecular weight excluding hydrogens is 264 g/mol. The molecule has 6 heteroatoms. The molecule has 0 bridgehead atoms. The molecule has 0 aliphatic carbocycles. The Hall–Kier alpha value is -2.44. The van der Waals surface area contributed by atoms with Crippen molar-refractivity contribution >= 4 is 11.9 Å². The zero-order valence-corrected chi connectivity index (χ0v) is 10.5. The molecule has 106 valence electrons. The highest BCUT2D eigenvalue weighted by Gasteiger charge is 2.35. The van der Waals surface area contributed by atoms with Crippen LogP contribution in [-0.4, -0.2) is 39.1 Å². The second-order valence-electron chi connectivity index (χ2n) is 3.91. The summed E-state index contributed by atoms with van der Waals surface area (Å²) in [6.45, 7) is 6.54. The van der Waals surface area contributed by atoms with E-state index in [9.17, 15) is 19.8 Å². The van der Waals surface area contributed by atoms with Crippen molar-refractivity contribution in [3.05, 3.63) is 60.7 Å². The van der Waals surface area contributed by atoms with Gasteiger partial charge in [-0.2, -0.15) is 0 Å². The van der Waals surface area contributed by atoms with Gasteiger partial charge in [0, 0.05) is 0 Å². The number of aliphatic hydroxyl groups excluding tert-OH is 1. The number of aromatic carboxylic acids is 1.